The van der Waals surface area contributed by atoms with Crippen LogP contribution in [-0.2, 0) is 4.74 Å². The maximum Gasteiger partial charge on any atom is 0.0834 e. The molecule has 0 spiro atoms. The van der Waals surface area contributed by atoms with Gasteiger partial charge in [-0.25, -0.2) is 0 Å². The zero-order valence-electron chi connectivity index (χ0n) is 8.74. The summed E-state index contributed by atoms with van der Waals surface area (Å²) in [6.07, 6.45) is 6.80. The number of hydrogen-bond acceptors (Lipinski definition) is 3. The van der Waals surface area contributed by atoms with Gasteiger partial charge in [0.25, 0.3) is 0 Å². The Labute approximate surface area is 85.8 Å². The van der Waals surface area contributed by atoms with Gasteiger partial charge in [0.05, 0.1) is 18.8 Å². The Hall–Kier alpha value is -0.120. The van der Waals surface area contributed by atoms with Crippen LogP contribution in [0.25, 0.3) is 0 Å². The summed E-state index contributed by atoms with van der Waals surface area (Å²) in [6.45, 7) is 1.91. The molecule has 82 valence electrons. The molecule has 0 aromatic carbocycles. The van der Waals surface area contributed by atoms with Crippen molar-refractivity contribution in [2.24, 2.45) is 0 Å². The summed E-state index contributed by atoms with van der Waals surface area (Å²) in [6, 6.07) is 0.525. The first-order chi connectivity index (χ1) is 6.86. The maximum absolute atomic E-state index is 9.57. The van der Waals surface area contributed by atoms with E-state index in [1.165, 1.54) is 19.3 Å². The molecule has 0 aromatic rings. The fourth-order valence-corrected chi connectivity index (χ4v) is 2.41. The zero-order chi connectivity index (χ0) is 9.80. The second-order valence-electron chi connectivity index (χ2n) is 4.52. The standard InChI is InChI=1S/C11H21NO2/c13-10-5-3-6-11(10)14-8-9-4-1-2-7-12-9/h9-13H,1-8H2. The molecule has 0 radical (unpaired) electrons. The predicted molar refractivity (Wildman–Crippen MR) is 55.2 cm³/mol. The van der Waals surface area contributed by atoms with Crippen molar-refractivity contribution >= 4 is 0 Å². The molecule has 1 saturated carbocycles. The molecule has 14 heavy (non-hydrogen) atoms. The highest BCUT2D eigenvalue weighted by Gasteiger charge is 2.26. The minimum absolute atomic E-state index is 0.110. The lowest BCUT2D eigenvalue weighted by atomic mass is 10.1. The first-order valence-corrected chi connectivity index (χ1v) is 5.89. The van der Waals surface area contributed by atoms with E-state index >= 15 is 0 Å². The first-order valence-electron chi connectivity index (χ1n) is 5.89. The molecule has 3 heteroatoms. The lowest BCUT2D eigenvalue weighted by Crippen LogP contribution is -2.39. The third kappa shape index (κ3) is 2.69. The molecule has 0 amide bonds. The minimum Gasteiger partial charge on any atom is -0.390 e. The summed E-state index contributed by atoms with van der Waals surface area (Å²) in [5.41, 5.74) is 0. The van der Waals surface area contributed by atoms with Crippen LogP contribution in [0, 0.1) is 0 Å². The highest BCUT2D eigenvalue weighted by Crippen LogP contribution is 2.22. The summed E-state index contributed by atoms with van der Waals surface area (Å²) < 4.78 is 5.74. The molecule has 1 saturated heterocycles. The van der Waals surface area contributed by atoms with Crippen molar-refractivity contribution in [2.75, 3.05) is 13.2 Å². The van der Waals surface area contributed by atoms with Gasteiger partial charge in [0.1, 0.15) is 0 Å². The monoisotopic (exact) mass is 199 g/mol. The number of ether oxygens (including phenoxy) is 1. The van der Waals surface area contributed by atoms with E-state index in [1.54, 1.807) is 0 Å². The average molecular weight is 199 g/mol. The van der Waals surface area contributed by atoms with E-state index in [0.29, 0.717) is 6.04 Å². The average Bonchev–Trinajstić information content (AvgIpc) is 2.63. The van der Waals surface area contributed by atoms with Crippen LogP contribution >= 0.6 is 0 Å². The predicted octanol–water partition coefficient (Wildman–Crippen LogP) is 1.06. The van der Waals surface area contributed by atoms with E-state index in [2.05, 4.69) is 5.32 Å². The molecule has 1 aliphatic carbocycles. The summed E-state index contributed by atoms with van der Waals surface area (Å²) in [7, 11) is 0. The Bertz CT molecular complexity index is 169. The fourth-order valence-electron chi connectivity index (χ4n) is 2.41. The second-order valence-corrected chi connectivity index (χ2v) is 4.52. The van der Waals surface area contributed by atoms with Crippen molar-refractivity contribution in [2.45, 2.75) is 56.8 Å². The van der Waals surface area contributed by atoms with Gasteiger partial charge in [0.2, 0.25) is 0 Å². The topological polar surface area (TPSA) is 41.5 Å². The van der Waals surface area contributed by atoms with Gasteiger partial charge in [-0.1, -0.05) is 6.42 Å². The van der Waals surface area contributed by atoms with E-state index in [4.69, 9.17) is 4.74 Å². The molecule has 1 heterocycles. The molecule has 3 atom stereocenters. The van der Waals surface area contributed by atoms with Gasteiger partial charge < -0.3 is 15.2 Å². The highest BCUT2D eigenvalue weighted by atomic mass is 16.5. The Kier molecular flexibility index (Phi) is 3.79. The molecule has 2 rings (SSSR count). The van der Waals surface area contributed by atoms with Crippen molar-refractivity contribution in [3.63, 3.8) is 0 Å². The quantitative estimate of drug-likeness (QED) is 0.714. The molecule has 3 nitrogen and oxygen atoms in total. The molecular formula is C11H21NO2. The smallest absolute Gasteiger partial charge is 0.0834 e. The van der Waals surface area contributed by atoms with Gasteiger partial charge in [-0.3, -0.25) is 0 Å². The molecule has 3 unspecified atom stereocenters. The van der Waals surface area contributed by atoms with Gasteiger partial charge >= 0.3 is 0 Å². The van der Waals surface area contributed by atoms with Crippen molar-refractivity contribution in [1.82, 2.24) is 5.32 Å². The third-order valence-electron chi connectivity index (χ3n) is 3.34. The Balaban J connectivity index is 1.65. The van der Waals surface area contributed by atoms with Crippen molar-refractivity contribution in [3.8, 4) is 0 Å². The third-order valence-corrected chi connectivity index (χ3v) is 3.34. The van der Waals surface area contributed by atoms with Crippen LogP contribution in [0.1, 0.15) is 38.5 Å². The van der Waals surface area contributed by atoms with Gasteiger partial charge in [0, 0.05) is 6.04 Å². The number of piperidine rings is 1. The molecule has 2 aliphatic rings. The lowest BCUT2D eigenvalue weighted by molar-refractivity contribution is -0.0285. The van der Waals surface area contributed by atoms with Crippen molar-refractivity contribution < 1.29 is 9.84 Å². The molecular weight excluding hydrogens is 178 g/mol. The normalized spacial score (nSPS) is 38.8. The van der Waals surface area contributed by atoms with Crippen molar-refractivity contribution in [3.05, 3.63) is 0 Å². The number of aliphatic hydroxyl groups is 1. The van der Waals surface area contributed by atoms with E-state index in [9.17, 15) is 5.11 Å². The second kappa shape index (κ2) is 5.10. The van der Waals surface area contributed by atoms with Gasteiger partial charge in [-0.15, -0.1) is 0 Å². The van der Waals surface area contributed by atoms with Crippen LogP contribution in [0.3, 0.4) is 0 Å². The number of aliphatic hydroxyl groups excluding tert-OH is 1. The van der Waals surface area contributed by atoms with E-state index in [0.717, 1.165) is 32.4 Å². The Morgan fingerprint density at radius 1 is 1.14 bits per heavy atom. The minimum atomic E-state index is -0.210. The van der Waals surface area contributed by atoms with Gasteiger partial charge in [-0.05, 0) is 38.6 Å². The zero-order valence-corrected chi connectivity index (χ0v) is 8.74. The van der Waals surface area contributed by atoms with E-state index in [-0.39, 0.29) is 12.2 Å². The first kappa shape index (κ1) is 10.4. The van der Waals surface area contributed by atoms with Crippen LogP contribution in [0.5, 0.6) is 0 Å². The number of rotatable bonds is 3. The molecule has 0 bridgehead atoms. The Morgan fingerprint density at radius 2 is 2.07 bits per heavy atom. The Morgan fingerprint density at radius 3 is 2.71 bits per heavy atom. The van der Waals surface area contributed by atoms with Crippen LogP contribution in [0.2, 0.25) is 0 Å². The van der Waals surface area contributed by atoms with Crippen LogP contribution in [0.4, 0.5) is 0 Å². The summed E-state index contributed by atoms with van der Waals surface area (Å²) >= 11 is 0. The van der Waals surface area contributed by atoms with Gasteiger partial charge in [-0.2, -0.15) is 0 Å². The van der Waals surface area contributed by atoms with Crippen LogP contribution in [-0.4, -0.2) is 36.5 Å². The van der Waals surface area contributed by atoms with E-state index in [1.807, 2.05) is 0 Å². The fraction of sp³-hybridized carbons (Fsp3) is 1.00. The van der Waals surface area contributed by atoms with Crippen molar-refractivity contribution in [1.29, 1.82) is 0 Å². The highest BCUT2D eigenvalue weighted by molar-refractivity contribution is 4.79. The lowest BCUT2D eigenvalue weighted by Gasteiger charge is -2.25. The van der Waals surface area contributed by atoms with Crippen LogP contribution in [0.15, 0.2) is 0 Å². The van der Waals surface area contributed by atoms with Crippen LogP contribution < -0.4 is 5.32 Å². The largest absolute Gasteiger partial charge is 0.390 e. The summed E-state index contributed by atoms with van der Waals surface area (Å²) in [5.74, 6) is 0. The maximum atomic E-state index is 9.57. The SMILES string of the molecule is OC1CCCC1OCC1CCCCN1. The molecule has 2 N–H and O–H groups in total. The van der Waals surface area contributed by atoms with Gasteiger partial charge in [0.15, 0.2) is 0 Å². The molecule has 2 fully saturated rings. The molecule has 1 aliphatic heterocycles. The summed E-state index contributed by atoms with van der Waals surface area (Å²) in [4.78, 5) is 0. The number of nitrogens with one attached hydrogen (secondary N) is 1. The van der Waals surface area contributed by atoms with E-state index < -0.39 is 0 Å². The molecule has 0 aromatic heterocycles. The summed E-state index contributed by atoms with van der Waals surface area (Å²) in [5, 5.41) is 13.0. The number of hydrogen-bond donors (Lipinski definition) is 2.